The molecule has 5 heteroatoms. The van der Waals surface area contributed by atoms with Crippen molar-refractivity contribution < 1.29 is 4.79 Å². The van der Waals surface area contributed by atoms with Gasteiger partial charge in [-0.05, 0) is 19.1 Å². The Morgan fingerprint density at radius 1 is 1.44 bits per heavy atom. The third kappa shape index (κ3) is 1.81. The number of carbonyl (C=O) groups excluding carboxylic acids is 1. The summed E-state index contributed by atoms with van der Waals surface area (Å²) in [5.41, 5.74) is 0.913. The summed E-state index contributed by atoms with van der Waals surface area (Å²) in [5.74, 6) is 0.0132. The molecule has 2 aliphatic heterocycles. The molecule has 2 aliphatic rings. The Bertz CT molecular complexity index is 437. The Morgan fingerprint density at radius 3 is 2.75 bits per heavy atom. The standard InChI is InChI=1S/C11H12N2OS2/c1-3-13-10(14)9(16-11(13)15)8-6-4-5-7-12(8)2/h4-7H,3H2,1-2H3/b9-8-. The lowest BCUT2D eigenvalue weighted by atomic mass is 10.2. The second kappa shape index (κ2) is 4.43. The van der Waals surface area contributed by atoms with Gasteiger partial charge in [0.05, 0.1) is 5.70 Å². The Hall–Kier alpha value is -1.07. The molecule has 0 atom stereocenters. The first-order chi connectivity index (χ1) is 7.65. The van der Waals surface area contributed by atoms with E-state index >= 15 is 0 Å². The molecule has 0 spiro atoms. The summed E-state index contributed by atoms with van der Waals surface area (Å²) in [6.07, 6.45) is 7.72. The van der Waals surface area contributed by atoms with Gasteiger partial charge in [0.25, 0.3) is 5.91 Å². The predicted molar refractivity (Wildman–Crippen MR) is 70.6 cm³/mol. The van der Waals surface area contributed by atoms with Gasteiger partial charge >= 0.3 is 0 Å². The molecule has 0 saturated carbocycles. The summed E-state index contributed by atoms with van der Waals surface area (Å²) in [4.78, 5) is 16.3. The van der Waals surface area contributed by atoms with Crippen molar-refractivity contribution in [2.45, 2.75) is 6.92 Å². The van der Waals surface area contributed by atoms with Gasteiger partial charge in [-0.25, -0.2) is 0 Å². The van der Waals surface area contributed by atoms with E-state index in [2.05, 4.69) is 0 Å². The van der Waals surface area contributed by atoms with Crippen LogP contribution in [-0.2, 0) is 4.79 Å². The fraction of sp³-hybridized carbons (Fsp3) is 0.273. The Labute approximate surface area is 104 Å². The lowest BCUT2D eigenvalue weighted by Crippen LogP contribution is -2.28. The van der Waals surface area contributed by atoms with Crippen molar-refractivity contribution in [1.82, 2.24) is 9.80 Å². The minimum atomic E-state index is 0.0132. The fourth-order valence-electron chi connectivity index (χ4n) is 1.59. The maximum atomic E-state index is 12.1. The largest absolute Gasteiger partial charge is 0.350 e. The Balaban J connectivity index is 2.39. The summed E-state index contributed by atoms with van der Waals surface area (Å²) < 4.78 is 0.645. The second-order valence-corrected chi connectivity index (χ2v) is 5.09. The molecule has 2 rings (SSSR count). The van der Waals surface area contributed by atoms with Crippen LogP contribution in [0.5, 0.6) is 0 Å². The molecular formula is C11H12N2OS2. The molecule has 0 radical (unpaired) electrons. The van der Waals surface area contributed by atoms with E-state index in [0.29, 0.717) is 10.9 Å². The average Bonchev–Trinajstić information content (AvgIpc) is 2.55. The Morgan fingerprint density at radius 2 is 2.19 bits per heavy atom. The van der Waals surface area contributed by atoms with E-state index in [4.69, 9.17) is 12.2 Å². The number of hydrogen-bond donors (Lipinski definition) is 0. The molecule has 84 valence electrons. The number of rotatable bonds is 1. The molecular weight excluding hydrogens is 240 g/mol. The van der Waals surface area contributed by atoms with Gasteiger partial charge < -0.3 is 4.90 Å². The van der Waals surface area contributed by atoms with Crippen molar-refractivity contribution in [2.24, 2.45) is 0 Å². The van der Waals surface area contributed by atoms with Crippen LogP contribution in [-0.4, -0.2) is 33.6 Å². The lowest BCUT2D eigenvalue weighted by Gasteiger charge is -2.19. The van der Waals surface area contributed by atoms with Crippen LogP contribution in [0, 0.1) is 0 Å². The molecule has 0 aromatic carbocycles. The maximum absolute atomic E-state index is 12.1. The van der Waals surface area contributed by atoms with Crippen LogP contribution in [0.4, 0.5) is 0 Å². The summed E-state index contributed by atoms with van der Waals surface area (Å²) in [7, 11) is 1.92. The molecule has 0 bridgehead atoms. The molecule has 0 unspecified atom stereocenters. The van der Waals surface area contributed by atoms with Gasteiger partial charge in [-0.15, -0.1) is 0 Å². The van der Waals surface area contributed by atoms with Crippen molar-refractivity contribution >= 4 is 34.2 Å². The number of thiocarbonyl (C=S) groups is 1. The lowest BCUT2D eigenvalue weighted by molar-refractivity contribution is -0.122. The zero-order chi connectivity index (χ0) is 11.7. The number of hydrogen-bond acceptors (Lipinski definition) is 4. The van der Waals surface area contributed by atoms with E-state index in [0.717, 1.165) is 10.6 Å². The Kier molecular flexibility index (Phi) is 3.16. The van der Waals surface area contributed by atoms with E-state index in [9.17, 15) is 4.79 Å². The van der Waals surface area contributed by atoms with Crippen LogP contribution in [0.3, 0.4) is 0 Å². The molecule has 1 saturated heterocycles. The number of amides is 1. The third-order valence-corrected chi connectivity index (χ3v) is 3.91. The van der Waals surface area contributed by atoms with Crippen molar-refractivity contribution in [2.75, 3.05) is 13.6 Å². The summed E-state index contributed by atoms with van der Waals surface area (Å²) >= 11 is 6.55. The number of likely N-dealkylation sites (N-methyl/N-ethyl adjacent to an activating group) is 2. The van der Waals surface area contributed by atoms with E-state index < -0.39 is 0 Å². The first kappa shape index (κ1) is 11.4. The monoisotopic (exact) mass is 252 g/mol. The molecule has 2 heterocycles. The molecule has 3 nitrogen and oxygen atoms in total. The number of thioether (sulfide) groups is 1. The van der Waals surface area contributed by atoms with Crippen LogP contribution < -0.4 is 0 Å². The van der Waals surface area contributed by atoms with E-state index in [1.54, 1.807) is 4.90 Å². The van der Waals surface area contributed by atoms with Crippen LogP contribution >= 0.6 is 24.0 Å². The van der Waals surface area contributed by atoms with Gasteiger partial charge in [0.2, 0.25) is 0 Å². The SMILES string of the molecule is CCN1C(=O)/C(=C2\C=CC=CN2C)SC1=S. The molecule has 16 heavy (non-hydrogen) atoms. The van der Waals surface area contributed by atoms with E-state index in [1.165, 1.54) is 11.8 Å². The number of carbonyl (C=O) groups is 1. The van der Waals surface area contributed by atoms with Crippen LogP contribution in [0.15, 0.2) is 35.0 Å². The number of nitrogens with zero attached hydrogens (tertiary/aromatic N) is 2. The van der Waals surface area contributed by atoms with E-state index in [1.807, 2.05) is 43.3 Å². The first-order valence-electron chi connectivity index (χ1n) is 5.00. The molecule has 0 aromatic rings. The first-order valence-corrected chi connectivity index (χ1v) is 6.23. The fourth-order valence-corrected chi connectivity index (χ4v) is 3.06. The topological polar surface area (TPSA) is 23.6 Å². The van der Waals surface area contributed by atoms with Gasteiger partial charge in [-0.3, -0.25) is 9.69 Å². The van der Waals surface area contributed by atoms with Gasteiger partial charge in [0.1, 0.15) is 9.23 Å². The van der Waals surface area contributed by atoms with Crippen molar-refractivity contribution in [3.63, 3.8) is 0 Å². The quantitative estimate of drug-likeness (QED) is 0.527. The van der Waals surface area contributed by atoms with Crippen molar-refractivity contribution in [1.29, 1.82) is 0 Å². The molecule has 1 fully saturated rings. The van der Waals surface area contributed by atoms with Crippen LogP contribution in [0.2, 0.25) is 0 Å². The highest BCUT2D eigenvalue weighted by Crippen LogP contribution is 2.34. The van der Waals surface area contributed by atoms with Crippen molar-refractivity contribution in [3.8, 4) is 0 Å². The zero-order valence-electron chi connectivity index (χ0n) is 9.14. The number of allylic oxidation sites excluding steroid dienone is 3. The van der Waals surface area contributed by atoms with Crippen LogP contribution in [0.1, 0.15) is 6.92 Å². The summed E-state index contributed by atoms with van der Waals surface area (Å²) in [6.45, 7) is 2.56. The molecule has 0 N–H and O–H groups in total. The molecule has 0 aliphatic carbocycles. The predicted octanol–water partition coefficient (Wildman–Crippen LogP) is 2.09. The minimum absolute atomic E-state index is 0.0132. The minimum Gasteiger partial charge on any atom is -0.350 e. The normalized spacial score (nSPS) is 24.9. The van der Waals surface area contributed by atoms with Gasteiger partial charge in [-0.2, -0.15) is 0 Å². The summed E-state index contributed by atoms with van der Waals surface area (Å²) in [5, 5.41) is 0. The average molecular weight is 252 g/mol. The van der Waals surface area contributed by atoms with Gasteiger partial charge in [0, 0.05) is 19.8 Å². The van der Waals surface area contributed by atoms with Crippen LogP contribution in [0.25, 0.3) is 0 Å². The zero-order valence-corrected chi connectivity index (χ0v) is 10.8. The maximum Gasteiger partial charge on any atom is 0.268 e. The van der Waals surface area contributed by atoms with Crippen molar-refractivity contribution in [3.05, 3.63) is 35.0 Å². The highest BCUT2D eigenvalue weighted by atomic mass is 32.2. The smallest absolute Gasteiger partial charge is 0.268 e. The van der Waals surface area contributed by atoms with E-state index in [-0.39, 0.29) is 5.91 Å². The van der Waals surface area contributed by atoms with Gasteiger partial charge in [0.15, 0.2) is 0 Å². The highest BCUT2D eigenvalue weighted by Gasteiger charge is 2.33. The van der Waals surface area contributed by atoms with Gasteiger partial charge in [-0.1, -0.05) is 30.1 Å². The highest BCUT2D eigenvalue weighted by molar-refractivity contribution is 8.26. The molecule has 1 amide bonds. The molecule has 0 aromatic heterocycles. The third-order valence-electron chi connectivity index (χ3n) is 2.45. The second-order valence-electron chi connectivity index (χ2n) is 3.44. The summed E-state index contributed by atoms with van der Waals surface area (Å²) in [6, 6.07) is 0.